The molecule has 0 aliphatic heterocycles. The average Bonchev–Trinajstić information content (AvgIpc) is 3.00. The van der Waals surface area contributed by atoms with E-state index in [1.54, 1.807) is 6.08 Å². The molecule has 0 atom stereocenters. The molecule has 0 spiro atoms. The lowest BCUT2D eigenvalue weighted by atomic mass is 10.3. The first-order valence-electron chi connectivity index (χ1n) is 6.18. The van der Waals surface area contributed by atoms with Gasteiger partial charge in [0.25, 0.3) is 5.91 Å². The number of anilines is 1. The van der Waals surface area contributed by atoms with Crippen molar-refractivity contribution in [1.29, 1.82) is 0 Å². The third-order valence-corrected chi connectivity index (χ3v) is 3.60. The predicted octanol–water partition coefficient (Wildman–Crippen LogP) is 3.74. The van der Waals surface area contributed by atoms with E-state index in [1.807, 2.05) is 17.5 Å². The number of thiophene rings is 1. The highest BCUT2D eigenvalue weighted by Gasteiger charge is 2.07. The first-order chi connectivity index (χ1) is 10.5. The maximum absolute atomic E-state index is 13.0. The van der Waals surface area contributed by atoms with Crippen LogP contribution in [0.1, 0.15) is 4.88 Å². The zero-order chi connectivity index (χ0) is 15.9. The molecule has 7 heteroatoms. The number of hydrogen-bond acceptors (Lipinski definition) is 4. The molecular weight excluding hydrogens is 329 g/mol. The Morgan fingerprint density at radius 3 is 2.86 bits per heavy atom. The molecule has 0 aliphatic carbocycles. The van der Waals surface area contributed by atoms with Gasteiger partial charge in [-0.05, 0) is 35.7 Å². The summed E-state index contributed by atoms with van der Waals surface area (Å²) in [5.74, 6) is -1.74. The van der Waals surface area contributed by atoms with Crippen LogP contribution in [0, 0.1) is 5.82 Å². The van der Waals surface area contributed by atoms with E-state index < -0.39 is 24.3 Å². The Morgan fingerprint density at radius 2 is 2.18 bits per heavy atom. The van der Waals surface area contributed by atoms with Crippen molar-refractivity contribution in [3.63, 3.8) is 0 Å². The van der Waals surface area contributed by atoms with Crippen molar-refractivity contribution in [2.75, 3.05) is 11.9 Å². The van der Waals surface area contributed by atoms with Gasteiger partial charge in [-0.15, -0.1) is 11.3 Å². The summed E-state index contributed by atoms with van der Waals surface area (Å²) >= 11 is 7.07. The second kappa shape index (κ2) is 7.72. The Bertz CT molecular complexity index is 701. The van der Waals surface area contributed by atoms with Gasteiger partial charge in [-0.2, -0.15) is 0 Å². The molecule has 1 aromatic heterocycles. The highest BCUT2D eigenvalue weighted by Crippen LogP contribution is 2.19. The number of ether oxygens (including phenoxy) is 1. The van der Waals surface area contributed by atoms with Crippen LogP contribution in [0.2, 0.25) is 5.02 Å². The number of amides is 1. The van der Waals surface area contributed by atoms with Crippen molar-refractivity contribution in [1.82, 2.24) is 0 Å². The molecule has 0 bridgehead atoms. The monoisotopic (exact) mass is 339 g/mol. The van der Waals surface area contributed by atoms with Gasteiger partial charge in [-0.1, -0.05) is 17.7 Å². The molecule has 0 radical (unpaired) electrons. The normalized spacial score (nSPS) is 10.6. The molecule has 0 fully saturated rings. The predicted molar refractivity (Wildman–Crippen MR) is 84.4 cm³/mol. The summed E-state index contributed by atoms with van der Waals surface area (Å²) in [5.41, 5.74) is 0.321. The van der Waals surface area contributed by atoms with Gasteiger partial charge >= 0.3 is 5.97 Å². The minimum absolute atomic E-state index is 0.103. The van der Waals surface area contributed by atoms with E-state index in [0.717, 1.165) is 10.9 Å². The van der Waals surface area contributed by atoms with Crippen molar-refractivity contribution in [3.05, 3.63) is 57.5 Å². The van der Waals surface area contributed by atoms with E-state index in [2.05, 4.69) is 5.32 Å². The third-order valence-electron chi connectivity index (χ3n) is 2.48. The number of hydrogen-bond donors (Lipinski definition) is 1. The van der Waals surface area contributed by atoms with E-state index >= 15 is 0 Å². The van der Waals surface area contributed by atoms with E-state index in [-0.39, 0.29) is 5.02 Å². The number of rotatable bonds is 5. The van der Waals surface area contributed by atoms with Crippen LogP contribution < -0.4 is 5.32 Å². The Balaban J connectivity index is 1.79. The van der Waals surface area contributed by atoms with Crippen LogP contribution in [0.25, 0.3) is 6.08 Å². The molecule has 22 heavy (non-hydrogen) atoms. The van der Waals surface area contributed by atoms with Gasteiger partial charge in [0.1, 0.15) is 5.82 Å². The van der Waals surface area contributed by atoms with Gasteiger partial charge in [0, 0.05) is 16.6 Å². The van der Waals surface area contributed by atoms with Crippen molar-refractivity contribution >= 4 is 46.6 Å². The number of esters is 1. The molecule has 1 heterocycles. The van der Waals surface area contributed by atoms with Crippen molar-refractivity contribution < 1.29 is 18.7 Å². The van der Waals surface area contributed by atoms with E-state index in [0.29, 0.717) is 5.69 Å². The summed E-state index contributed by atoms with van der Waals surface area (Å²) in [5, 5.41) is 4.22. The van der Waals surface area contributed by atoms with E-state index in [1.165, 1.54) is 29.5 Å². The summed E-state index contributed by atoms with van der Waals surface area (Å²) in [6, 6.07) is 7.47. The molecule has 2 rings (SSSR count). The van der Waals surface area contributed by atoms with Crippen molar-refractivity contribution in [3.8, 4) is 0 Å². The first kappa shape index (κ1) is 16.2. The first-order valence-corrected chi connectivity index (χ1v) is 7.43. The quantitative estimate of drug-likeness (QED) is 0.667. The number of nitrogens with one attached hydrogen (secondary N) is 1. The largest absolute Gasteiger partial charge is 0.452 e. The van der Waals surface area contributed by atoms with Crippen LogP contribution in [0.5, 0.6) is 0 Å². The average molecular weight is 340 g/mol. The molecule has 2 aromatic rings. The van der Waals surface area contributed by atoms with Gasteiger partial charge in [0.15, 0.2) is 6.61 Å². The summed E-state index contributed by atoms with van der Waals surface area (Å²) in [6.45, 7) is -0.442. The maximum Gasteiger partial charge on any atom is 0.331 e. The van der Waals surface area contributed by atoms with E-state index in [9.17, 15) is 14.0 Å². The fourth-order valence-electron chi connectivity index (χ4n) is 1.49. The molecule has 4 nitrogen and oxygen atoms in total. The van der Waals surface area contributed by atoms with Crippen LogP contribution in [0.4, 0.5) is 10.1 Å². The minimum atomic E-state index is -0.624. The van der Waals surface area contributed by atoms with Gasteiger partial charge in [-0.25, -0.2) is 9.18 Å². The van der Waals surface area contributed by atoms with Crippen LogP contribution in [-0.4, -0.2) is 18.5 Å². The summed E-state index contributed by atoms with van der Waals surface area (Å²) in [4.78, 5) is 23.9. The lowest BCUT2D eigenvalue weighted by Gasteiger charge is -2.06. The number of halogens is 2. The molecule has 1 amide bonds. The maximum atomic E-state index is 13.0. The standard InChI is InChI=1S/C15H11ClFNO3S/c16-12-8-10(3-5-13(12)17)18-14(19)9-21-15(20)6-4-11-2-1-7-22-11/h1-8H,9H2,(H,18,19)/b6-4+. The van der Waals surface area contributed by atoms with Crippen LogP contribution in [-0.2, 0) is 14.3 Å². The molecule has 114 valence electrons. The molecule has 1 N–H and O–H groups in total. The van der Waals surface area contributed by atoms with E-state index in [4.69, 9.17) is 16.3 Å². The van der Waals surface area contributed by atoms with Crippen LogP contribution in [0.15, 0.2) is 41.8 Å². The SMILES string of the molecule is O=C(COC(=O)/C=C/c1cccs1)Nc1ccc(F)c(Cl)c1. The fourth-order valence-corrected chi connectivity index (χ4v) is 2.29. The highest BCUT2D eigenvalue weighted by molar-refractivity contribution is 7.10. The minimum Gasteiger partial charge on any atom is -0.452 e. The van der Waals surface area contributed by atoms with Gasteiger partial charge in [-0.3, -0.25) is 4.79 Å². The Hall–Kier alpha value is -2.18. The summed E-state index contributed by atoms with van der Waals surface area (Å²) < 4.78 is 17.8. The highest BCUT2D eigenvalue weighted by atomic mass is 35.5. The summed E-state index contributed by atoms with van der Waals surface area (Å²) in [6.07, 6.45) is 2.85. The molecule has 1 aromatic carbocycles. The van der Waals surface area contributed by atoms with Crippen molar-refractivity contribution in [2.24, 2.45) is 0 Å². The lowest BCUT2D eigenvalue weighted by Crippen LogP contribution is -2.20. The molecule has 0 aliphatic rings. The van der Waals surface area contributed by atoms with Gasteiger partial charge in [0.05, 0.1) is 5.02 Å². The molecule has 0 unspecified atom stereocenters. The molecule has 0 saturated carbocycles. The Labute approximate surface area is 135 Å². The van der Waals surface area contributed by atoms with Gasteiger partial charge in [0.2, 0.25) is 0 Å². The number of carbonyl (C=O) groups is 2. The third kappa shape index (κ3) is 4.98. The smallest absolute Gasteiger partial charge is 0.331 e. The Kier molecular flexibility index (Phi) is 5.68. The lowest BCUT2D eigenvalue weighted by molar-refractivity contribution is -0.142. The van der Waals surface area contributed by atoms with Crippen LogP contribution in [0.3, 0.4) is 0 Å². The zero-order valence-electron chi connectivity index (χ0n) is 11.2. The number of carbonyl (C=O) groups excluding carboxylic acids is 2. The van der Waals surface area contributed by atoms with Crippen molar-refractivity contribution in [2.45, 2.75) is 0 Å². The summed E-state index contributed by atoms with van der Waals surface area (Å²) in [7, 11) is 0. The Morgan fingerprint density at radius 1 is 1.36 bits per heavy atom. The second-order valence-corrected chi connectivity index (χ2v) is 5.52. The fraction of sp³-hybridized carbons (Fsp3) is 0.0667. The van der Waals surface area contributed by atoms with Gasteiger partial charge < -0.3 is 10.1 Å². The molecule has 0 saturated heterocycles. The number of benzene rings is 1. The zero-order valence-corrected chi connectivity index (χ0v) is 12.8. The second-order valence-electron chi connectivity index (χ2n) is 4.13. The molecular formula is C15H11ClFNO3S. The topological polar surface area (TPSA) is 55.4 Å². The van der Waals surface area contributed by atoms with Crippen LogP contribution >= 0.6 is 22.9 Å².